The van der Waals surface area contributed by atoms with Crippen molar-refractivity contribution in [2.24, 2.45) is 16.0 Å². The monoisotopic (exact) mass is 734 g/mol. The molecule has 0 unspecified atom stereocenters. The van der Waals surface area contributed by atoms with Crippen LogP contribution in [0.3, 0.4) is 0 Å². The molecule has 0 spiro atoms. The molecule has 2 aliphatic heterocycles. The van der Waals surface area contributed by atoms with Gasteiger partial charge in [-0.25, -0.2) is 9.36 Å². The van der Waals surface area contributed by atoms with Crippen LogP contribution in [0.1, 0.15) is 48.2 Å². The van der Waals surface area contributed by atoms with E-state index in [4.69, 9.17) is 10.5 Å². The first-order chi connectivity index (χ1) is 26.7. The Morgan fingerprint density at radius 2 is 1.18 bits per heavy atom. The zero-order valence-electron chi connectivity index (χ0n) is 29.8. The van der Waals surface area contributed by atoms with Gasteiger partial charge in [-0.2, -0.15) is 15.3 Å². The minimum absolute atomic E-state index is 0.100. The molecule has 0 saturated heterocycles. The lowest BCUT2D eigenvalue weighted by atomic mass is 10.0. The lowest BCUT2D eigenvalue weighted by molar-refractivity contribution is -0.105. The van der Waals surface area contributed by atoms with Crippen LogP contribution >= 0.6 is 0 Å². The minimum atomic E-state index is -0.677. The number of benzene rings is 4. The Morgan fingerprint density at radius 3 is 1.69 bits per heavy atom. The Kier molecular flexibility index (Phi) is 8.94. The summed E-state index contributed by atoms with van der Waals surface area (Å²) in [5, 5.41) is 20.4. The van der Waals surface area contributed by atoms with Gasteiger partial charge in [0.1, 0.15) is 17.1 Å². The summed E-state index contributed by atoms with van der Waals surface area (Å²) in [6.07, 6.45) is 1.45. The summed E-state index contributed by atoms with van der Waals surface area (Å²) in [7, 11) is 1.58. The third-order valence-electron chi connectivity index (χ3n) is 9.66. The fraction of sp³-hybridized carbons (Fsp3) is 0.150. The zero-order valence-corrected chi connectivity index (χ0v) is 29.8. The Hall–Kier alpha value is -7.42. The number of azo groups is 1. The van der Waals surface area contributed by atoms with Crippen molar-refractivity contribution in [3.05, 3.63) is 131 Å². The Morgan fingerprint density at radius 1 is 0.709 bits per heavy atom. The molecule has 0 aliphatic carbocycles. The molecule has 2 aromatic heterocycles. The maximum Gasteiger partial charge on any atom is 0.277 e. The predicted molar refractivity (Wildman–Crippen MR) is 204 cm³/mol. The quantitative estimate of drug-likeness (QED) is 0.130. The number of anilines is 3. The highest BCUT2D eigenvalue weighted by Crippen LogP contribution is 2.33. The number of carbonyl (C=O) groups excluding carboxylic acids is 4. The number of fused-ring (bicyclic) bond motifs is 2. The van der Waals surface area contributed by atoms with Gasteiger partial charge in [-0.05, 0) is 105 Å². The molecular weight excluding hydrogens is 701 g/mol. The first-order valence-electron chi connectivity index (χ1n) is 17.4. The Balaban J connectivity index is 0.979. The number of ether oxygens (including phenoxy) is 1. The van der Waals surface area contributed by atoms with E-state index in [0.717, 1.165) is 5.56 Å². The average Bonchev–Trinajstić information content (AvgIpc) is 3.79. The van der Waals surface area contributed by atoms with E-state index in [1.807, 2.05) is 31.2 Å². The van der Waals surface area contributed by atoms with Crippen molar-refractivity contribution in [1.29, 1.82) is 0 Å². The second kappa shape index (κ2) is 14.2. The summed E-state index contributed by atoms with van der Waals surface area (Å²) in [5.41, 5.74) is 12.5. The van der Waals surface area contributed by atoms with Crippen molar-refractivity contribution in [2.75, 3.05) is 35.3 Å². The lowest BCUT2D eigenvalue weighted by Gasteiger charge is -2.27. The van der Waals surface area contributed by atoms with Gasteiger partial charge in [0.15, 0.2) is 11.5 Å². The molecule has 0 fully saturated rings. The van der Waals surface area contributed by atoms with E-state index in [1.54, 1.807) is 94.4 Å². The first-order valence-corrected chi connectivity index (χ1v) is 17.4. The van der Waals surface area contributed by atoms with Gasteiger partial charge in [0.2, 0.25) is 6.41 Å². The van der Waals surface area contributed by atoms with E-state index in [-0.39, 0.29) is 17.5 Å². The number of hydrogen-bond donors (Lipinski definition) is 2. The second-order valence-corrected chi connectivity index (χ2v) is 13.0. The van der Waals surface area contributed by atoms with Crippen molar-refractivity contribution in [1.82, 2.24) is 19.6 Å². The van der Waals surface area contributed by atoms with Crippen LogP contribution < -0.4 is 25.6 Å². The summed E-state index contributed by atoms with van der Waals surface area (Å²) >= 11 is 0. The highest BCUT2D eigenvalue weighted by Gasteiger charge is 2.35. The summed E-state index contributed by atoms with van der Waals surface area (Å²) in [6.45, 7) is 2.70. The summed E-state index contributed by atoms with van der Waals surface area (Å²) in [5.74, 6) is -0.212. The van der Waals surface area contributed by atoms with Crippen molar-refractivity contribution in [3.63, 3.8) is 0 Å². The fourth-order valence-corrected chi connectivity index (χ4v) is 6.88. The highest BCUT2D eigenvalue weighted by molar-refractivity contribution is 6.10. The maximum absolute atomic E-state index is 13.9. The summed E-state index contributed by atoms with van der Waals surface area (Å²) in [4.78, 5) is 54.7. The molecule has 3 N–H and O–H groups in total. The van der Waals surface area contributed by atoms with Crippen molar-refractivity contribution in [3.8, 4) is 17.1 Å². The lowest BCUT2D eigenvalue weighted by Crippen LogP contribution is -2.39. The number of nitrogens with zero attached hydrogens (tertiary/aromatic N) is 8. The van der Waals surface area contributed by atoms with E-state index >= 15 is 0 Å². The van der Waals surface area contributed by atoms with Gasteiger partial charge in [-0.3, -0.25) is 19.2 Å². The van der Waals surface area contributed by atoms with Crippen LogP contribution in [-0.4, -0.2) is 63.9 Å². The molecule has 0 bridgehead atoms. The Labute approximate surface area is 314 Å². The molecule has 4 amide bonds. The molecule has 55 heavy (non-hydrogen) atoms. The predicted octanol–water partition coefficient (Wildman–Crippen LogP) is 5.86. The number of nitrogens with one attached hydrogen (secondary N) is 1. The molecule has 15 nitrogen and oxygen atoms in total. The van der Waals surface area contributed by atoms with Crippen LogP contribution in [-0.2, 0) is 17.6 Å². The number of nitrogens with two attached hydrogens (primary N) is 1. The number of rotatable bonds is 10. The van der Waals surface area contributed by atoms with E-state index in [9.17, 15) is 19.2 Å². The molecule has 6 aromatic rings. The highest BCUT2D eigenvalue weighted by atomic mass is 16.5. The molecule has 0 atom stereocenters. The number of methoxy groups -OCH3 is 1. The summed E-state index contributed by atoms with van der Waals surface area (Å²) < 4.78 is 8.31. The van der Waals surface area contributed by atoms with Crippen LogP contribution in [0.4, 0.5) is 28.6 Å². The van der Waals surface area contributed by atoms with Crippen molar-refractivity contribution in [2.45, 2.75) is 19.8 Å². The molecular formula is C40H34N10O5. The number of aryl methyl sites for hydroxylation is 1. The molecule has 0 radical (unpaired) electrons. The molecule has 4 heterocycles. The normalized spacial score (nSPS) is 13.9. The van der Waals surface area contributed by atoms with Crippen LogP contribution in [0, 0.1) is 6.92 Å². The van der Waals surface area contributed by atoms with Gasteiger partial charge < -0.3 is 25.6 Å². The van der Waals surface area contributed by atoms with Crippen molar-refractivity contribution < 1.29 is 23.9 Å². The second-order valence-electron chi connectivity index (χ2n) is 13.0. The zero-order chi connectivity index (χ0) is 38.2. The number of amides is 4. The van der Waals surface area contributed by atoms with Gasteiger partial charge in [-0.1, -0.05) is 17.7 Å². The van der Waals surface area contributed by atoms with Crippen LogP contribution in [0.5, 0.6) is 5.75 Å². The minimum Gasteiger partial charge on any atom is -0.497 e. The smallest absolute Gasteiger partial charge is 0.277 e. The fourth-order valence-electron chi connectivity index (χ4n) is 6.88. The molecule has 15 heteroatoms. The SMILES string of the molecule is COc1ccc(-n2nc(NC=O)c3c2C(=O)N(c2ccc(N=Nc4ccc(N5CCc6c(C(N)=O)nn(-c7ccc(C)cc7)c6C5=O)cc4)cc2)CC3)cc1. The molecule has 274 valence electrons. The number of aromatic nitrogens is 4. The van der Waals surface area contributed by atoms with Crippen molar-refractivity contribution >= 4 is 52.7 Å². The molecule has 4 aromatic carbocycles. The third kappa shape index (κ3) is 6.37. The first kappa shape index (κ1) is 34.7. The summed E-state index contributed by atoms with van der Waals surface area (Å²) in [6, 6.07) is 29.0. The van der Waals surface area contributed by atoms with Gasteiger partial charge in [0.25, 0.3) is 17.7 Å². The van der Waals surface area contributed by atoms with Gasteiger partial charge in [0.05, 0.1) is 29.9 Å². The number of primary amides is 1. The molecule has 2 aliphatic rings. The number of carbonyl (C=O) groups is 4. The third-order valence-corrected chi connectivity index (χ3v) is 9.66. The Bertz CT molecular complexity index is 2490. The molecule has 0 saturated carbocycles. The average molecular weight is 735 g/mol. The van der Waals surface area contributed by atoms with E-state index in [0.29, 0.717) is 101 Å². The van der Waals surface area contributed by atoms with Crippen LogP contribution in [0.2, 0.25) is 0 Å². The van der Waals surface area contributed by atoms with E-state index in [2.05, 4.69) is 25.7 Å². The van der Waals surface area contributed by atoms with Crippen LogP contribution in [0.25, 0.3) is 11.4 Å². The van der Waals surface area contributed by atoms with Gasteiger partial charge >= 0.3 is 0 Å². The van der Waals surface area contributed by atoms with Gasteiger partial charge in [0, 0.05) is 35.6 Å². The molecule has 8 rings (SSSR count). The van der Waals surface area contributed by atoms with Crippen LogP contribution in [0.15, 0.2) is 107 Å². The van der Waals surface area contributed by atoms with E-state index in [1.165, 1.54) is 4.68 Å². The topological polar surface area (TPSA) is 182 Å². The van der Waals surface area contributed by atoms with E-state index < -0.39 is 5.91 Å². The maximum atomic E-state index is 13.9. The number of hydrogen-bond acceptors (Lipinski definition) is 9. The van der Waals surface area contributed by atoms with Gasteiger partial charge in [-0.15, -0.1) is 5.10 Å². The standard InChI is InChI=1S/C40H34N10O5/c1-24-3-9-29(10-4-24)49-35-32(34(45-49)37(41)52)19-21-47(39(35)53)27-11-5-25(6-12-27)43-44-26-7-13-28(14-8-26)48-22-20-33-36(40(48)54)50(46-38(33)42-23-51)30-15-17-31(55-2)18-16-30/h3-18,23H,19-22H2,1-2H3,(H2,41,52)(H,42,46,51). The largest absolute Gasteiger partial charge is 0.497 e.